The minimum atomic E-state index is -0.285. The maximum Gasteiger partial charge on any atom is 0.265 e. The summed E-state index contributed by atoms with van der Waals surface area (Å²) in [6.07, 6.45) is 1.32. The molecule has 0 saturated heterocycles. The van der Waals surface area contributed by atoms with Gasteiger partial charge in [-0.2, -0.15) is 4.98 Å². The van der Waals surface area contributed by atoms with Crippen LogP contribution in [0.4, 0.5) is 5.69 Å². The van der Waals surface area contributed by atoms with E-state index in [0.29, 0.717) is 28.4 Å². The first kappa shape index (κ1) is 18.6. The Balaban J connectivity index is 1.49. The molecule has 1 N–H and O–H groups in total. The molecule has 0 aliphatic carbocycles. The lowest BCUT2D eigenvalue weighted by Gasteiger charge is -2.09. The summed E-state index contributed by atoms with van der Waals surface area (Å²) in [5.41, 5.74) is 3.65. The molecule has 0 bridgehead atoms. The largest absolute Gasteiger partial charge is 0.467 e. The van der Waals surface area contributed by atoms with E-state index in [4.69, 9.17) is 9.26 Å². The molecule has 4 aromatic rings. The lowest BCUT2D eigenvalue weighted by Crippen LogP contribution is -2.20. The number of hydrogen-bond donors (Lipinski definition) is 1. The highest BCUT2D eigenvalue weighted by atomic mass is 16.5. The third kappa shape index (κ3) is 4.08. The van der Waals surface area contributed by atoms with Gasteiger partial charge in [0.1, 0.15) is 17.4 Å². The number of amides is 1. The molecule has 0 atom stereocenters. The molecule has 7 heteroatoms. The van der Waals surface area contributed by atoms with E-state index in [-0.39, 0.29) is 18.4 Å². The number of hydrogen-bond acceptors (Lipinski definition) is 6. The van der Waals surface area contributed by atoms with E-state index >= 15 is 0 Å². The van der Waals surface area contributed by atoms with Gasteiger partial charge in [-0.05, 0) is 23.6 Å². The van der Waals surface area contributed by atoms with Crippen molar-refractivity contribution >= 4 is 22.7 Å². The Morgan fingerprint density at radius 1 is 1.07 bits per heavy atom. The van der Waals surface area contributed by atoms with Crippen molar-refractivity contribution in [2.75, 3.05) is 11.9 Å². The SMILES string of the molecule is CC(C)c1ccc(NC(=O)COc2ncnc3onc(-c4ccccc4)c23)cc1. The van der Waals surface area contributed by atoms with Crippen molar-refractivity contribution in [3.63, 3.8) is 0 Å². The quantitative estimate of drug-likeness (QED) is 0.526. The number of anilines is 1. The number of carbonyl (C=O) groups excluding carboxylic acids is 1. The molecular formula is C22H20N4O3. The molecule has 2 aromatic heterocycles. The number of carbonyl (C=O) groups is 1. The third-order valence-electron chi connectivity index (χ3n) is 4.49. The highest BCUT2D eigenvalue weighted by molar-refractivity contribution is 5.94. The zero-order chi connectivity index (χ0) is 20.2. The number of aromatic nitrogens is 3. The number of fused-ring (bicyclic) bond motifs is 1. The van der Waals surface area contributed by atoms with Crippen LogP contribution in [0.1, 0.15) is 25.3 Å². The molecule has 0 spiro atoms. The van der Waals surface area contributed by atoms with Crippen LogP contribution in [0.5, 0.6) is 5.88 Å². The van der Waals surface area contributed by atoms with Gasteiger partial charge in [-0.25, -0.2) is 4.98 Å². The molecule has 4 rings (SSSR count). The third-order valence-corrected chi connectivity index (χ3v) is 4.49. The molecule has 0 fully saturated rings. The molecule has 2 heterocycles. The first-order valence-corrected chi connectivity index (χ1v) is 9.30. The van der Waals surface area contributed by atoms with Crippen LogP contribution < -0.4 is 10.1 Å². The lowest BCUT2D eigenvalue weighted by molar-refractivity contribution is -0.118. The van der Waals surface area contributed by atoms with Gasteiger partial charge >= 0.3 is 0 Å². The van der Waals surface area contributed by atoms with Gasteiger partial charge in [-0.3, -0.25) is 4.79 Å². The highest BCUT2D eigenvalue weighted by Crippen LogP contribution is 2.32. The van der Waals surface area contributed by atoms with E-state index in [1.54, 1.807) is 0 Å². The topological polar surface area (TPSA) is 90.1 Å². The molecule has 1 amide bonds. The van der Waals surface area contributed by atoms with E-state index in [0.717, 1.165) is 5.56 Å². The van der Waals surface area contributed by atoms with Crippen molar-refractivity contribution < 1.29 is 14.1 Å². The molecule has 29 heavy (non-hydrogen) atoms. The lowest BCUT2D eigenvalue weighted by atomic mass is 10.0. The van der Waals surface area contributed by atoms with Gasteiger partial charge in [0.2, 0.25) is 5.88 Å². The molecule has 0 aliphatic rings. The van der Waals surface area contributed by atoms with Crippen LogP contribution in [0.25, 0.3) is 22.4 Å². The summed E-state index contributed by atoms with van der Waals surface area (Å²) in [7, 11) is 0. The average molecular weight is 388 g/mol. The van der Waals surface area contributed by atoms with Gasteiger partial charge in [-0.15, -0.1) is 0 Å². The number of rotatable bonds is 6. The van der Waals surface area contributed by atoms with E-state index in [9.17, 15) is 4.79 Å². The van der Waals surface area contributed by atoms with Gasteiger partial charge in [0.25, 0.3) is 11.6 Å². The molecule has 7 nitrogen and oxygen atoms in total. The normalized spacial score (nSPS) is 11.0. The monoisotopic (exact) mass is 388 g/mol. The standard InChI is InChI=1S/C22H20N4O3/c1-14(2)15-8-10-17(11-9-15)25-18(27)12-28-21-19-20(16-6-4-3-5-7-16)26-29-22(19)24-13-23-21/h3-11,13-14H,12H2,1-2H3,(H,25,27). The van der Waals surface area contributed by atoms with Crippen molar-refractivity contribution in [3.8, 4) is 17.1 Å². The Labute approximate surface area is 167 Å². The van der Waals surface area contributed by atoms with Crippen molar-refractivity contribution in [1.29, 1.82) is 0 Å². The van der Waals surface area contributed by atoms with E-state index in [2.05, 4.69) is 34.3 Å². The Kier molecular flexibility index (Phi) is 5.20. The summed E-state index contributed by atoms with van der Waals surface area (Å²) >= 11 is 0. The van der Waals surface area contributed by atoms with Crippen LogP contribution in [0, 0.1) is 0 Å². The van der Waals surface area contributed by atoms with Crippen molar-refractivity contribution in [3.05, 3.63) is 66.5 Å². The molecule has 146 valence electrons. The number of nitrogens with zero attached hydrogens (tertiary/aromatic N) is 3. The maximum atomic E-state index is 12.3. The summed E-state index contributed by atoms with van der Waals surface area (Å²) in [4.78, 5) is 20.6. The van der Waals surface area contributed by atoms with Crippen molar-refractivity contribution in [2.45, 2.75) is 19.8 Å². The van der Waals surface area contributed by atoms with Crippen LogP contribution in [0.15, 0.2) is 65.4 Å². The predicted molar refractivity (Wildman–Crippen MR) is 110 cm³/mol. The van der Waals surface area contributed by atoms with Gasteiger partial charge in [-0.1, -0.05) is 61.5 Å². The van der Waals surface area contributed by atoms with Gasteiger partial charge in [0.15, 0.2) is 6.61 Å². The number of benzene rings is 2. The van der Waals surface area contributed by atoms with Crippen LogP contribution in [-0.4, -0.2) is 27.6 Å². The van der Waals surface area contributed by atoms with Crippen molar-refractivity contribution in [2.24, 2.45) is 0 Å². The fourth-order valence-electron chi connectivity index (χ4n) is 2.95. The van der Waals surface area contributed by atoms with Gasteiger partial charge in [0, 0.05) is 11.3 Å². The summed E-state index contributed by atoms with van der Waals surface area (Å²) < 4.78 is 11.0. The molecular weight excluding hydrogens is 368 g/mol. The summed E-state index contributed by atoms with van der Waals surface area (Å²) in [5, 5.41) is 7.44. The predicted octanol–water partition coefficient (Wildman–Crippen LogP) is 4.43. The second-order valence-corrected chi connectivity index (χ2v) is 6.87. The second-order valence-electron chi connectivity index (χ2n) is 6.87. The minimum Gasteiger partial charge on any atom is -0.467 e. The Morgan fingerprint density at radius 2 is 1.83 bits per heavy atom. The Bertz CT molecular complexity index is 1120. The molecule has 2 aromatic carbocycles. The first-order valence-electron chi connectivity index (χ1n) is 9.30. The van der Waals surface area contributed by atoms with Crippen LogP contribution in [0.3, 0.4) is 0 Å². The van der Waals surface area contributed by atoms with Crippen LogP contribution in [-0.2, 0) is 4.79 Å². The van der Waals surface area contributed by atoms with Crippen LogP contribution in [0.2, 0.25) is 0 Å². The second kappa shape index (κ2) is 8.10. The molecule has 0 saturated carbocycles. The smallest absolute Gasteiger partial charge is 0.265 e. The Hall–Kier alpha value is -3.74. The summed E-state index contributed by atoms with van der Waals surface area (Å²) in [5.74, 6) is 0.401. The summed E-state index contributed by atoms with van der Waals surface area (Å²) in [6, 6.07) is 17.3. The van der Waals surface area contributed by atoms with Crippen molar-refractivity contribution in [1.82, 2.24) is 15.1 Å². The van der Waals surface area contributed by atoms with E-state index in [1.807, 2.05) is 54.6 Å². The maximum absolute atomic E-state index is 12.3. The first-order chi connectivity index (χ1) is 14.1. The molecule has 0 aliphatic heterocycles. The Morgan fingerprint density at radius 3 is 2.55 bits per heavy atom. The number of nitrogens with one attached hydrogen (secondary N) is 1. The minimum absolute atomic E-state index is 0.197. The summed E-state index contributed by atoms with van der Waals surface area (Å²) in [6.45, 7) is 4.05. The molecule has 0 radical (unpaired) electrons. The zero-order valence-electron chi connectivity index (χ0n) is 16.1. The fourth-order valence-corrected chi connectivity index (χ4v) is 2.95. The molecule has 0 unspecified atom stereocenters. The zero-order valence-corrected chi connectivity index (χ0v) is 16.1. The van der Waals surface area contributed by atoms with Gasteiger partial charge in [0.05, 0.1) is 0 Å². The fraction of sp³-hybridized carbons (Fsp3) is 0.182. The van der Waals surface area contributed by atoms with Gasteiger partial charge < -0.3 is 14.6 Å². The van der Waals surface area contributed by atoms with E-state index in [1.165, 1.54) is 11.9 Å². The highest BCUT2D eigenvalue weighted by Gasteiger charge is 2.18. The number of ether oxygens (including phenoxy) is 1. The van der Waals surface area contributed by atoms with E-state index < -0.39 is 0 Å². The average Bonchev–Trinajstić information content (AvgIpc) is 3.18. The van der Waals surface area contributed by atoms with Crippen LogP contribution >= 0.6 is 0 Å².